The molecule has 0 radical (unpaired) electrons. The maximum Gasteiger partial charge on any atom is 0.262 e. The second-order valence-electron chi connectivity index (χ2n) is 4.51. The molecule has 0 unspecified atom stereocenters. The summed E-state index contributed by atoms with van der Waals surface area (Å²) in [5.41, 5.74) is 7.18. The Labute approximate surface area is 120 Å². The molecule has 2 heterocycles. The van der Waals surface area contributed by atoms with Crippen LogP contribution in [0.1, 0.15) is 26.8 Å². The van der Waals surface area contributed by atoms with Crippen molar-refractivity contribution in [2.45, 2.75) is 27.3 Å². The zero-order valence-electron chi connectivity index (χ0n) is 11.5. The highest BCUT2D eigenvalue weighted by atomic mass is 32.1. The maximum atomic E-state index is 12.4. The molecule has 0 aliphatic carbocycles. The van der Waals surface area contributed by atoms with E-state index in [0.717, 1.165) is 21.3 Å². The summed E-state index contributed by atoms with van der Waals surface area (Å²) in [5.74, 6) is -0.185. The first-order valence-electron chi connectivity index (χ1n) is 6.05. The first kappa shape index (κ1) is 14.3. The van der Waals surface area contributed by atoms with Crippen LogP contribution in [-0.2, 0) is 6.54 Å². The highest BCUT2D eigenvalue weighted by Gasteiger charge is 2.12. The molecule has 7 heteroatoms. The molecule has 0 spiro atoms. The molecule has 20 heavy (non-hydrogen) atoms. The van der Waals surface area contributed by atoms with Crippen molar-refractivity contribution in [3.8, 4) is 0 Å². The fourth-order valence-electron chi connectivity index (χ4n) is 1.86. The highest BCUT2D eigenvalue weighted by Crippen LogP contribution is 2.17. The number of thiazole rings is 1. The van der Waals surface area contributed by atoms with Gasteiger partial charge in [0.2, 0.25) is 0 Å². The Kier molecular flexibility index (Phi) is 3.89. The lowest BCUT2D eigenvalue weighted by molar-refractivity contribution is 0.318. The van der Waals surface area contributed by atoms with E-state index < -0.39 is 0 Å². The Hall–Kier alpha value is -2.15. The third-order valence-electron chi connectivity index (χ3n) is 3.14. The van der Waals surface area contributed by atoms with Gasteiger partial charge in [-0.3, -0.25) is 4.79 Å². The molecule has 0 aromatic carbocycles. The second-order valence-corrected chi connectivity index (χ2v) is 5.80. The average Bonchev–Trinajstić information content (AvgIpc) is 2.73. The Bertz CT molecular complexity index is 711. The van der Waals surface area contributed by atoms with Crippen LogP contribution in [0.3, 0.4) is 0 Å². The van der Waals surface area contributed by atoms with Gasteiger partial charge in [-0.2, -0.15) is 0 Å². The first-order valence-corrected chi connectivity index (χ1v) is 6.87. The molecule has 2 aromatic rings. The Morgan fingerprint density at radius 1 is 1.45 bits per heavy atom. The monoisotopic (exact) mass is 292 g/mol. The predicted molar refractivity (Wildman–Crippen MR) is 78.6 cm³/mol. The van der Waals surface area contributed by atoms with Gasteiger partial charge >= 0.3 is 0 Å². The van der Waals surface area contributed by atoms with E-state index >= 15 is 0 Å². The smallest absolute Gasteiger partial charge is 0.262 e. The summed E-state index contributed by atoms with van der Waals surface area (Å²) in [7, 11) is 0. The van der Waals surface area contributed by atoms with Crippen molar-refractivity contribution in [2.24, 2.45) is 10.9 Å². The molecule has 0 aliphatic heterocycles. The van der Waals surface area contributed by atoms with Crippen molar-refractivity contribution in [3.05, 3.63) is 49.3 Å². The Balaban J connectivity index is 2.48. The van der Waals surface area contributed by atoms with E-state index in [4.69, 9.17) is 10.9 Å². The van der Waals surface area contributed by atoms with Gasteiger partial charge in [0.25, 0.3) is 5.56 Å². The summed E-state index contributed by atoms with van der Waals surface area (Å²) in [6.45, 7) is 6.16. The number of rotatable bonds is 3. The quantitative estimate of drug-likeness (QED) is 0.387. The number of hydrogen-bond acceptors (Lipinski definition) is 5. The summed E-state index contributed by atoms with van der Waals surface area (Å²) in [6, 6.07) is 3.32. The number of nitrogens with two attached hydrogens (primary N) is 1. The van der Waals surface area contributed by atoms with E-state index in [1.807, 2.05) is 20.8 Å². The summed E-state index contributed by atoms with van der Waals surface area (Å²) in [5, 5.41) is 12.5. The lowest BCUT2D eigenvalue weighted by atomic mass is 10.2. The predicted octanol–water partition coefficient (Wildman–Crippen LogP) is 1.37. The van der Waals surface area contributed by atoms with Crippen molar-refractivity contribution < 1.29 is 5.21 Å². The van der Waals surface area contributed by atoms with Crippen LogP contribution < -0.4 is 11.3 Å². The maximum absolute atomic E-state index is 12.4. The van der Waals surface area contributed by atoms with Gasteiger partial charge in [-0.05, 0) is 32.9 Å². The molecule has 106 valence electrons. The van der Waals surface area contributed by atoms with Gasteiger partial charge < -0.3 is 15.5 Å². The zero-order valence-corrected chi connectivity index (χ0v) is 12.4. The molecule has 0 amide bonds. The molecule has 2 rings (SSSR count). The molecule has 6 nitrogen and oxygen atoms in total. The molecule has 0 atom stereocenters. The fourth-order valence-corrected chi connectivity index (χ4v) is 2.78. The minimum absolute atomic E-state index is 0.183. The molecule has 3 N–H and O–H groups in total. The van der Waals surface area contributed by atoms with E-state index in [2.05, 4.69) is 10.1 Å². The second kappa shape index (κ2) is 5.46. The van der Waals surface area contributed by atoms with E-state index in [1.54, 1.807) is 28.0 Å². The molecule has 2 aromatic heterocycles. The standard InChI is InChI=1S/C13H16N4O2S/c1-7-4-5-10(12(14)16-19)13(18)17(7)6-11-15-8(2)9(3)20-11/h4-5,19H,6H2,1-3H3,(H2,14,16). The minimum atomic E-state index is -0.286. The van der Waals surface area contributed by atoms with Crippen molar-refractivity contribution in [1.82, 2.24) is 9.55 Å². The van der Waals surface area contributed by atoms with Crippen LogP contribution in [0.25, 0.3) is 0 Å². The molecule has 0 saturated carbocycles. The summed E-state index contributed by atoms with van der Waals surface area (Å²) in [4.78, 5) is 17.9. The highest BCUT2D eigenvalue weighted by molar-refractivity contribution is 7.11. The topological polar surface area (TPSA) is 93.5 Å². The number of amidine groups is 1. The number of oxime groups is 1. The van der Waals surface area contributed by atoms with Crippen LogP contribution in [0.15, 0.2) is 22.1 Å². The summed E-state index contributed by atoms with van der Waals surface area (Å²) < 4.78 is 1.57. The van der Waals surface area contributed by atoms with Crippen molar-refractivity contribution in [1.29, 1.82) is 0 Å². The molecular weight excluding hydrogens is 276 g/mol. The van der Waals surface area contributed by atoms with Gasteiger partial charge in [0.05, 0.1) is 17.8 Å². The normalized spacial score (nSPS) is 11.8. The third kappa shape index (κ3) is 2.57. The molecule has 0 saturated heterocycles. The summed E-state index contributed by atoms with van der Waals surface area (Å²) in [6.07, 6.45) is 0. The van der Waals surface area contributed by atoms with E-state index in [-0.39, 0.29) is 17.0 Å². The van der Waals surface area contributed by atoms with Gasteiger partial charge in [0.1, 0.15) is 5.01 Å². The third-order valence-corrected chi connectivity index (χ3v) is 4.20. The lowest BCUT2D eigenvalue weighted by Crippen LogP contribution is -2.31. The van der Waals surface area contributed by atoms with Gasteiger partial charge in [-0.25, -0.2) is 4.98 Å². The van der Waals surface area contributed by atoms with Gasteiger partial charge in [-0.1, -0.05) is 5.16 Å². The van der Waals surface area contributed by atoms with Gasteiger partial charge in [0, 0.05) is 10.6 Å². The van der Waals surface area contributed by atoms with Crippen LogP contribution in [0.4, 0.5) is 0 Å². The number of nitrogens with zero attached hydrogens (tertiary/aromatic N) is 3. The number of pyridine rings is 1. The average molecular weight is 292 g/mol. The van der Waals surface area contributed by atoms with E-state index in [1.165, 1.54) is 0 Å². The molecule has 0 bridgehead atoms. The Morgan fingerprint density at radius 2 is 2.15 bits per heavy atom. The van der Waals surface area contributed by atoms with Gasteiger partial charge in [-0.15, -0.1) is 11.3 Å². The van der Waals surface area contributed by atoms with E-state index in [9.17, 15) is 4.79 Å². The lowest BCUT2D eigenvalue weighted by Gasteiger charge is -2.09. The van der Waals surface area contributed by atoms with Crippen LogP contribution >= 0.6 is 11.3 Å². The van der Waals surface area contributed by atoms with Gasteiger partial charge in [0.15, 0.2) is 5.84 Å². The van der Waals surface area contributed by atoms with Crippen molar-refractivity contribution >= 4 is 17.2 Å². The number of aryl methyl sites for hydroxylation is 3. The van der Waals surface area contributed by atoms with Crippen molar-refractivity contribution in [2.75, 3.05) is 0 Å². The van der Waals surface area contributed by atoms with E-state index in [0.29, 0.717) is 6.54 Å². The molecule has 0 aliphatic rings. The first-order chi connectivity index (χ1) is 9.43. The molecular formula is C13H16N4O2S. The van der Waals surface area contributed by atoms with Crippen molar-refractivity contribution in [3.63, 3.8) is 0 Å². The largest absolute Gasteiger partial charge is 0.409 e. The van der Waals surface area contributed by atoms with Crippen LogP contribution in [-0.4, -0.2) is 20.6 Å². The SMILES string of the molecule is Cc1nc(Cn2c(C)ccc(/C(N)=N/O)c2=O)sc1C. The fraction of sp³-hybridized carbons (Fsp3) is 0.308. The molecule has 0 fully saturated rings. The minimum Gasteiger partial charge on any atom is -0.409 e. The number of hydrogen-bond donors (Lipinski definition) is 2. The van der Waals surface area contributed by atoms with Crippen LogP contribution in [0.5, 0.6) is 0 Å². The Morgan fingerprint density at radius 3 is 2.70 bits per heavy atom. The number of aromatic nitrogens is 2. The zero-order chi connectivity index (χ0) is 14.9. The van der Waals surface area contributed by atoms with Crippen LogP contribution in [0.2, 0.25) is 0 Å². The summed E-state index contributed by atoms with van der Waals surface area (Å²) >= 11 is 1.56. The van der Waals surface area contributed by atoms with Crippen LogP contribution in [0, 0.1) is 20.8 Å².